The van der Waals surface area contributed by atoms with Crippen molar-refractivity contribution in [1.29, 1.82) is 0 Å². The van der Waals surface area contributed by atoms with Crippen molar-refractivity contribution in [2.75, 3.05) is 23.9 Å². The number of anilines is 2. The molecule has 0 radical (unpaired) electrons. The van der Waals surface area contributed by atoms with Crippen molar-refractivity contribution in [3.63, 3.8) is 0 Å². The van der Waals surface area contributed by atoms with Crippen molar-refractivity contribution in [2.24, 2.45) is 0 Å². The molecule has 0 aliphatic rings. The molecule has 4 aromatic heterocycles. The number of nitrogens with zero attached hydrogens (tertiary/aromatic N) is 5. The number of furan rings is 1. The first-order valence-electron chi connectivity index (χ1n) is 12.9. The first kappa shape index (κ1) is 26.4. The Bertz CT molecular complexity index is 1970. The van der Waals surface area contributed by atoms with Crippen molar-refractivity contribution >= 4 is 37.9 Å². The van der Waals surface area contributed by atoms with Gasteiger partial charge in [0, 0.05) is 41.7 Å². The average Bonchev–Trinajstić information content (AvgIpc) is 3.62. The van der Waals surface area contributed by atoms with Crippen LogP contribution < -0.4 is 15.4 Å². The van der Waals surface area contributed by atoms with Gasteiger partial charge in [-0.15, -0.1) is 0 Å². The topological polar surface area (TPSA) is 137 Å². The zero-order chi connectivity index (χ0) is 28.4. The molecule has 12 heteroatoms. The van der Waals surface area contributed by atoms with E-state index in [9.17, 15) is 8.42 Å². The number of fused-ring (bicyclic) bond motifs is 2. The molecule has 2 aromatic carbocycles. The molecule has 0 spiro atoms. The van der Waals surface area contributed by atoms with Crippen LogP contribution in [-0.4, -0.2) is 51.5 Å². The molecule has 11 nitrogen and oxygen atoms in total. The molecule has 6 rings (SSSR count). The second-order valence-electron chi connectivity index (χ2n) is 9.66. The molecule has 208 valence electrons. The van der Waals surface area contributed by atoms with Gasteiger partial charge in [-0.2, -0.15) is 5.10 Å². The lowest BCUT2D eigenvalue weighted by Gasteiger charge is -2.13. The quantitative estimate of drug-likeness (QED) is 0.219. The molecule has 0 fully saturated rings. The summed E-state index contributed by atoms with van der Waals surface area (Å²) in [6.07, 6.45) is 6.06. The highest BCUT2D eigenvalue weighted by molar-refractivity contribution is 7.90. The van der Waals surface area contributed by atoms with E-state index in [-0.39, 0.29) is 5.75 Å². The van der Waals surface area contributed by atoms with Crippen LogP contribution in [0.3, 0.4) is 0 Å². The summed E-state index contributed by atoms with van der Waals surface area (Å²) >= 11 is 0. The van der Waals surface area contributed by atoms with Gasteiger partial charge in [-0.3, -0.25) is 0 Å². The van der Waals surface area contributed by atoms with Gasteiger partial charge in [0.2, 0.25) is 0 Å². The predicted molar refractivity (Wildman–Crippen MR) is 156 cm³/mol. The Morgan fingerprint density at radius 1 is 0.976 bits per heavy atom. The minimum atomic E-state index is -3.00. The molecule has 2 N–H and O–H groups in total. The maximum absolute atomic E-state index is 11.3. The third-order valence-electron chi connectivity index (χ3n) is 6.45. The standard InChI is InChI=1S/C29H27N7O4S/c1-19-13-21(4-7-26(19)39-22-9-11-36-28(15-22)32-18-34-36)35-29-24-6-3-20(14-25(24)31-17-33-29)27-8-5-23(40-27)16-30-10-12-41(2,37)38/h3-9,11,13-15,17-18,30H,10,12,16H2,1-2H3,(H,31,33,35). The Morgan fingerprint density at radius 3 is 2.73 bits per heavy atom. The zero-order valence-corrected chi connectivity index (χ0v) is 23.2. The molecule has 4 heterocycles. The largest absolute Gasteiger partial charge is 0.460 e. The van der Waals surface area contributed by atoms with E-state index >= 15 is 0 Å². The highest BCUT2D eigenvalue weighted by Gasteiger charge is 2.11. The normalized spacial score (nSPS) is 11.8. The van der Waals surface area contributed by atoms with E-state index in [2.05, 4.69) is 30.7 Å². The molecule has 0 amide bonds. The van der Waals surface area contributed by atoms with Crippen LogP contribution in [0.15, 0.2) is 83.9 Å². The molecule has 0 aliphatic carbocycles. The van der Waals surface area contributed by atoms with Crippen LogP contribution in [-0.2, 0) is 16.4 Å². The van der Waals surface area contributed by atoms with Gasteiger partial charge in [-0.25, -0.2) is 27.9 Å². The van der Waals surface area contributed by atoms with Gasteiger partial charge in [-0.1, -0.05) is 6.07 Å². The zero-order valence-electron chi connectivity index (χ0n) is 22.4. The van der Waals surface area contributed by atoms with Gasteiger partial charge in [0.1, 0.15) is 51.3 Å². The molecule has 41 heavy (non-hydrogen) atoms. The first-order chi connectivity index (χ1) is 19.8. The van der Waals surface area contributed by atoms with Crippen molar-refractivity contribution in [3.05, 3.63) is 90.8 Å². The molecular formula is C29H27N7O4S. The Kier molecular flexibility index (Phi) is 7.08. The lowest BCUT2D eigenvalue weighted by atomic mass is 10.1. The number of aryl methyl sites for hydroxylation is 1. The number of sulfone groups is 1. The number of pyridine rings is 1. The van der Waals surface area contributed by atoms with Gasteiger partial charge in [-0.05, 0) is 61.0 Å². The van der Waals surface area contributed by atoms with E-state index in [0.29, 0.717) is 36.1 Å². The van der Waals surface area contributed by atoms with Crippen LogP contribution >= 0.6 is 0 Å². The van der Waals surface area contributed by atoms with Crippen LogP contribution in [0.4, 0.5) is 11.5 Å². The summed E-state index contributed by atoms with van der Waals surface area (Å²) in [5.41, 5.74) is 4.18. The number of ether oxygens (including phenoxy) is 1. The maximum atomic E-state index is 11.3. The highest BCUT2D eigenvalue weighted by Crippen LogP contribution is 2.31. The summed E-state index contributed by atoms with van der Waals surface area (Å²) in [4.78, 5) is 13.1. The minimum absolute atomic E-state index is 0.0836. The average molecular weight is 570 g/mol. The second-order valence-corrected chi connectivity index (χ2v) is 11.9. The summed E-state index contributed by atoms with van der Waals surface area (Å²) in [6, 6.07) is 19.2. The fourth-order valence-electron chi connectivity index (χ4n) is 4.37. The third kappa shape index (κ3) is 6.18. The van der Waals surface area contributed by atoms with Gasteiger partial charge >= 0.3 is 0 Å². The summed E-state index contributed by atoms with van der Waals surface area (Å²) in [7, 11) is -3.00. The Labute approximate surface area is 236 Å². The van der Waals surface area contributed by atoms with E-state index in [4.69, 9.17) is 9.15 Å². The summed E-state index contributed by atoms with van der Waals surface area (Å²) in [5.74, 6) is 3.61. The van der Waals surface area contributed by atoms with Crippen molar-refractivity contribution in [3.8, 4) is 22.8 Å². The third-order valence-corrected chi connectivity index (χ3v) is 7.39. The van der Waals surface area contributed by atoms with Crippen molar-refractivity contribution < 1.29 is 17.6 Å². The van der Waals surface area contributed by atoms with Crippen LogP contribution in [0.25, 0.3) is 27.9 Å². The number of benzene rings is 2. The second kappa shape index (κ2) is 11.0. The number of rotatable bonds is 10. The number of nitrogens with one attached hydrogen (secondary N) is 2. The fraction of sp³-hybridized carbons (Fsp3) is 0.172. The Balaban J connectivity index is 1.15. The molecule has 0 saturated carbocycles. The predicted octanol–water partition coefficient (Wildman–Crippen LogP) is 4.91. The van der Waals surface area contributed by atoms with Crippen molar-refractivity contribution in [1.82, 2.24) is 29.9 Å². The van der Waals surface area contributed by atoms with Crippen LogP contribution in [0.2, 0.25) is 0 Å². The van der Waals surface area contributed by atoms with Crippen molar-refractivity contribution in [2.45, 2.75) is 13.5 Å². The molecule has 6 aromatic rings. The molecule has 0 atom stereocenters. The number of hydrogen-bond donors (Lipinski definition) is 2. The van der Waals surface area contributed by atoms with Gasteiger partial charge < -0.3 is 19.8 Å². The van der Waals surface area contributed by atoms with Gasteiger partial charge in [0.15, 0.2) is 5.65 Å². The highest BCUT2D eigenvalue weighted by atomic mass is 32.2. The summed E-state index contributed by atoms with van der Waals surface area (Å²) in [6.45, 7) is 2.80. The van der Waals surface area contributed by atoms with E-state index in [1.54, 1.807) is 10.7 Å². The molecule has 0 saturated heterocycles. The lowest BCUT2D eigenvalue weighted by molar-refractivity contribution is 0.478. The smallest absolute Gasteiger partial charge is 0.158 e. The van der Waals surface area contributed by atoms with E-state index in [1.807, 2.05) is 67.6 Å². The fourth-order valence-corrected chi connectivity index (χ4v) is 4.89. The van der Waals surface area contributed by atoms with Crippen LogP contribution in [0, 0.1) is 6.92 Å². The van der Waals surface area contributed by atoms with E-state index < -0.39 is 9.84 Å². The van der Waals surface area contributed by atoms with Gasteiger partial charge in [0.25, 0.3) is 0 Å². The van der Waals surface area contributed by atoms with Gasteiger partial charge in [0.05, 0.1) is 17.8 Å². The molecule has 0 aliphatic heterocycles. The Morgan fingerprint density at radius 2 is 1.88 bits per heavy atom. The summed E-state index contributed by atoms with van der Waals surface area (Å²) < 4.78 is 36.3. The molecular weight excluding hydrogens is 542 g/mol. The lowest BCUT2D eigenvalue weighted by Crippen LogP contribution is -2.21. The van der Waals surface area contributed by atoms with E-state index in [0.717, 1.165) is 39.2 Å². The van der Waals surface area contributed by atoms with Crippen LogP contribution in [0.1, 0.15) is 11.3 Å². The Hall–Kier alpha value is -4.81. The number of aromatic nitrogens is 5. The minimum Gasteiger partial charge on any atom is -0.460 e. The maximum Gasteiger partial charge on any atom is 0.158 e. The van der Waals surface area contributed by atoms with E-state index in [1.165, 1.54) is 18.9 Å². The first-order valence-corrected chi connectivity index (χ1v) is 14.9. The monoisotopic (exact) mass is 569 g/mol. The SMILES string of the molecule is Cc1cc(Nc2ncnc3cc(-c4ccc(CNCCS(C)(=O)=O)o4)ccc23)ccc1Oc1ccn2ncnc2c1. The molecule has 0 bridgehead atoms. The van der Waals surface area contributed by atoms with Crippen LogP contribution in [0.5, 0.6) is 11.5 Å². The molecule has 0 unspecified atom stereocenters. The number of hydrogen-bond acceptors (Lipinski definition) is 10. The summed E-state index contributed by atoms with van der Waals surface area (Å²) in [5, 5.41) is 11.5.